The molecule has 5 atom stereocenters. The summed E-state index contributed by atoms with van der Waals surface area (Å²) in [5.41, 5.74) is -4.15. The molecule has 1 aromatic carbocycles. The second-order valence-corrected chi connectivity index (χ2v) is 10.4. The molecule has 2 aliphatic carbocycles. The molecule has 3 fully saturated rings. The summed E-state index contributed by atoms with van der Waals surface area (Å²) in [6.07, 6.45) is 4.75. The van der Waals surface area contributed by atoms with Crippen molar-refractivity contribution in [2.24, 2.45) is 16.7 Å². The fraction of sp³-hybridized carbons (Fsp3) is 0.478. The number of alkyl halides is 2. The van der Waals surface area contributed by atoms with E-state index in [1.807, 2.05) is 0 Å². The van der Waals surface area contributed by atoms with E-state index in [0.717, 1.165) is 0 Å². The van der Waals surface area contributed by atoms with Crippen LogP contribution in [0.2, 0.25) is 5.02 Å². The first-order chi connectivity index (χ1) is 15.6. The number of carbonyl (C=O) groups excluding carboxylic acids is 1. The van der Waals surface area contributed by atoms with E-state index in [0.29, 0.717) is 5.03 Å². The number of fused-ring (bicyclic) bond motifs is 3. The number of hydrogen-bond donors (Lipinski definition) is 3. The van der Waals surface area contributed by atoms with E-state index in [1.54, 1.807) is 18.2 Å². The predicted molar refractivity (Wildman–Crippen MR) is 116 cm³/mol. The number of carboxylic acids is 1. The van der Waals surface area contributed by atoms with Crippen LogP contribution in [-0.4, -0.2) is 48.0 Å². The molecule has 0 radical (unpaired) electrons. The number of allylic oxidation sites excluding steroid dienone is 2. The Morgan fingerprint density at radius 2 is 1.91 bits per heavy atom. The van der Waals surface area contributed by atoms with E-state index in [9.17, 15) is 23.5 Å². The molecule has 2 unspecified atom stereocenters. The molecule has 2 heterocycles. The van der Waals surface area contributed by atoms with Gasteiger partial charge in [-0.15, -0.1) is 0 Å². The molecule has 3 N–H and O–H groups in total. The van der Waals surface area contributed by atoms with E-state index < -0.39 is 71.3 Å². The number of aliphatic carboxylic acids is 1. The first-order valence-electron chi connectivity index (χ1n) is 10.6. The minimum Gasteiger partial charge on any atom is -0.480 e. The van der Waals surface area contributed by atoms with Crippen molar-refractivity contribution in [2.45, 2.75) is 36.4 Å². The summed E-state index contributed by atoms with van der Waals surface area (Å²) in [5, 5.41) is 16.2. The third-order valence-corrected chi connectivity index (χ3v) is 8.48. The molecular formula is C23H21Cl2F3N2O3. The summed E-state index contributed by atoms with van der Waals surface area (Å²) in [6, 6.07) is 2.29. The predicted octanol–water partition coefficient (Wildman–Crippen LogP) is 3.87. The molecule has 5 nitrogen and oxygen atoms in total. The number of benzene rings is 1. The molecule has 0 bridgehead atoms. The number of amides is 1. The number of hydrogen-bond acceptors (Lipinski definition) is 3. The second kappa shape index (κ2) is 7.48. The average Bonchev–Trinajstić information content (AvgIpc) is 3.22. The number of halogens is 5. The van der Waals surface area contributed by atoms with Crippen LogP contribution in [0.25, 0.3) is 0 Å². The van der Waals surface area contributed by atoms with Gasteiger partial charge in [-0.1, -0.05) is 41.4 Å². The zero-order valence-corrected chi connectivity index (χ0v) is 18.8. The van der Waals surface area contributed by atoms with Crippen LogP contribution in [0.15, 0.2) is 41.5 Å². The lowest BCUT2D eigenvalue weighted by atomic mass is 9.44. The van der Waals surface area contributed by atoms with E-state index >= 15 is 4.39 Å². The highest BCUT2D eigenvalue weighted by atomic mass is 35.5. The highest BCUT2D eigenvalue weighted by molar-refractivity contribution is 6.31. The van der Waals surface area contributed by atoms with E-state index in [4.69, 9.17) is 23.2 Å². The standard InChI is InChI=1S/C23H21Cl2F3N2O3/c24-11-4-5-13-15(6-11)29-20(33)23(13)16(12-2-1-3-14(25)17(12)28)18(19(31)32)30-22(23)7-21(8-22,9-26)10-27/h1-6,13,15-16,18,30H,7-10H2,(H,29,33)(H,31,32)/t13?,15?,16-,18+,23+/m0/s1. The van der Waals surface area contributed by atoms with Crippen LogP contribution >= 0.6 is 23.2 Å². The Bertz CT molecular complexity index is 1100. The maximum atomic E-state index is 15.3. The van der Waals surface area contributed by atoms with Crippen LogP contribution < -0.4 is 10.6 Å². The molecule has 10 heteroatoms. The Labute approximate surface area is 198 Å². The van der Waals surface area contributed by atoms with Gasteiger partial charge in [0.1, 0.15) is 11.9 Å². The minimum atomic E-state index is -1.54. The van der Waals surface area contributed by atoms with E-state index in [-0.39, 0.29) is 23.4 Å². The topological polar surface area (TPSA) is 78.4 Å². The van der Waals surface area contributed by atoms with Crippen molar-refractivity contribution in [3.05, 3.63) is 57.9 Å². The summed E-state index contributed by atoms with van der Waals surface area (Å²) in [7, 11) is 0. The van der Waals surface area contributed by atoms with Gasteiger partial charge in [0.2, 0.25) is 5.91 Å². The van der Waals surface area contributed by atoms with Crippen molar-refractivity contribution in [1.29, 1.82) is 0 Å². The van der Waals surface area contributed by atoms with Gasteiger partial charge in [0, 0.05) is 27.8 Å². The normalized spacial score (nSPS) is 35.3. The summed E-state index contributed by atoms with van der Waals surface area (Å²) in [6.45, 7) is -1.90. The van der Waals surface area contributed by atoms with Crippen LogP contribution in [0, 0.1) is 22.6 Å². The lowest BCUT2D eigenvalue weighted by Crippen LogP contribution is -2.70. The third-order valence-electron chi connectivity index (χ3n) is 7.94. The molecule has 1 aromatic rings. The smallest absolute Gasteiger partial charge is 0.321 e. The van der Waals surface area contributed by atoms with Crippen molar-refractivity contribution >= 4 is 35.1 Å². The van der Waals surface area contributed by atoms with Gasteiger partial charge in [-0.25, -0.2) is 4.39 Å². The number of rotatable bonds is 4. The number of carbonyl (C=O) groups is 2. The molecule has 2 aliphatic heterocycles. The van der Waals surface area contributed by atoms with Gasteiger partial charge in [-0.05, 0) is 36.6 Å². The SMILES string of the molecule is O=C(O)[C@@H]1NC2(CC(CF)(CF)C2)[C@@]2(C(=O)NC3C=C(Cl)C=CC32)[C@H]1c1cccc(Cl)c1F. The molecule has 1 saturated carbocycles. The molecule has 176 valence electrons. The zero-order chi connectivity index (χ0) is 23.8. The van der Waals surface area contributed by atoms with Crippen molar-refractivity contribution in [3.63, 3.8) is 0 Å². The van der Waals surface area contributed by atoms with Crippen molar-refractivity contribution < 1.29 is 27.9 Å². The van der Waals surface area contributed by atoms with Crippen molar-refractivity contribution in [3.8, 4) is 0 Å². The maximum Gasteiger partial charge on any atom is 0.321 e. The van der Waals surface area contributed by atoms with E-state index in [1.165, 1.54) is 18.2 Å². The molecular weight excluding hydrogens is 480 g/mol. The Morgan fingerprint density at radius 3 is 2.55 bits per heavy atom. The minimum absolute atomic E-state index is 0.0258. The summed E-state index contributed by atoms with van der Waals surface area (Å²) in [5.74, 6) is -4.42. The van der Waals surface area contributed by atoms with Gasteiger partial charge in [-0.3, -0.25) is 23.7 Å². The Hall–Kier alpha value is -2.03. The van der Waals surface area contributed by atoms with Crippen LogP contribution in [0.3, 0.4) is 0 Å². The number of carboxylic acid groups (broad SMARTS) is 1. The van der Waals surface area contributed by atoms with Crippen LogP contribution in [0.5, 0.6) is 0 Å². The Morgan fingerprint density at radius 1 is 1.21 bits per heavy atom. The fourth-order valence-corrected chi connectivity index (χ4v) is 7.21. The zero-order valence-electron chi connectivity index (χ0n) is 17.3. The van der Waals surface area contributed by atoms with Crippen LogP contribution in [-0.2, 0) is 9.59 Å². The molecule has 33 heavy (non-hydrogen) atoms. The second-order valence-electron chi connectivity index (χ2n) is 9.59. The van der Waals surface area contributed by atoms with Gasteiger partial charge in [0.25, 0.3) is 0 Å². The number of nitrogens with one attached hydrogen (secondary N) is 2. The lowest BCUT2D eigenvalue weighted by molar-refractivity contribution is -0.146. The van der Waals surface area contributed by atoms with Crippen molar-refractivity contribution in [2.75, 3.05) is 13.3 Å². The monoisotopic (exact) mass is 500 g/mol. The molecule has 0 aromatic heterocycles. The van der Waals surface area contributed by atoms with Gasteiger partial charge < -0.3 is 10.4 Å². The maximum absolute atomic E-state index is 15.3. The van der Waals surface area contributed by atoms with Gasteiger partial charge >= 0.3 is 5.97 Å². The highest BCUT2D eigenvalue weighted by Crippen LogP contribution is 2.70. The highest BCUT2D eigenvalue weighted by Gasteiger charge is 2.80. The molecule has 5 rings (SSSR count). The van der Waals surface area contributed by atoms with Gasteiger partial charge in [-0.2, -0.15) is 0 Å². The Balaban J connectivity index is 1.77. The summed E-state index contributed by atoms with van der Waals surface area (Å²) in [4.78, 5) is 26.2. The van der Waals surface area contributed by atoms with Crippen molar-refractivity contribution in [1.82, 2.24) is 10.6 Å². The average molecular weight is 501 g/mol. The summed E-state index contributed by atoms with van der Waals surface area (Å²) < 4.78 is 43.1. The molecule has 1 amide bonds. The first kappa shape index (κ1) is 22.7. The third kappa shape index (κ3) is 2.83. The largest absolute Gasteiger partial charge is 0.480 e. The lowest BCUT2D eigenvalue weighted by Gasteiger charge is -2.60. The van der Waals surface area contributed by atoms with Gasteiger partial charge in [0.15, 0.2) is 0 Å². The summed E-state index contributed by atoms with van der Waals surface area (Å²) >= 11 is 12.2. The van der Waals surface area contributed by atoms with Crippen LogP contribution in [0.1, 0.15) is 24.3 Å². The quantitative estimate of drug-likeness (QED) is 0.586. The Kier molecular flexibility index (Phi) is 5.16. The molecule has 2 spiro atoms. The first-order valence-corrected chi connectivity index (χ1v) is 11.3. The fourth-order valence-electron chi connectivity index (χ4n) is 6.82. The molecule has 4 aliphatic rings. The molecule has 2 saturated heterocycles. The van der Waals surface area contributed by atoms with Gasteiger partial charge in [0.05, 0.1) is 29.8 Å². The van der Waals surface area contributed by atoms with E-state index in [2.05, 4.69) is 10.6 Å². The van der Waals surface area contributed by atoms with Crippen LogP contribution in [0.4, 0.5) is 13.2 Å².